The monoisotopic (exact) mass is 121 g/mol. The zero-order valence-corrected chi connectivity index (χ0v) is 4.71. The highest BCUT2D eigenvalue weighted by atomic mass is 32.2. The third-order valence-corrected chi connectivity index (χ3v) is 0.761. The summed E-state index contributed by atoms with van der Waals surface area (Å²) in [6.45, 7) is 0. The van der Waals surface area contributed by atoms with Crippen LogP contribution in [0.4, 0.5) is 4.79 Å². The molecule has 4 N–H and O–H groups in total. The molecule has 4 nitrogen and oxygen atoms in total. The molecule has 42 valence electrons. The van der Waals surface area contributed by atoms with Crippen molar-refractivity contribution in [2.24, 2.45) is 5.73 Å². The molecular weight excluding hydrogens is 114 g/mol. The molecule has 0 aromatic carbocycles. The van der Waals surface area contributed by atoms with Crippen LogP contribution in [-0.2, 0) is 0 Å². The van der Waals surface area contributed by atoms with Gasteiger partial charge in [-0.3, -0.25) is 4.72 Å². The van der Waals surface area contributed by atoms with Crippen molar-refractivity contribution in [2.75, 3.05) is 7.05 Å². The van der Waals surface area contributed by atoms with Crippen molar-refractivity contribution in [3.05, 3.63) is 0 Å². The molecule has 0 spiro atoms. The molecule has 0 atom stereocenters. The van der Waals surface area contributed by atoms with E-state index < -0.39 is 6.03 Å². The molecule has 0 radical (unpaired) electrons. The molecule has 0 saturated heterocycles. The number of carbonyl (C=O) groups is 1. The van der Waals surface area contributed by atoms with Crippen LogP contribution in [-0.4, -0.2) is 13.1 Å². The number of hydrogen-bond donors (Lipinski definition) is 3. The molecule has 5 heteroatoms. The van der Waals surface area contributed by atoms with Crippen LogP contribution in [0.25, 0.3) is 0 Å². The smallest absolute Gasteiger partial charge is 0.323 e. The molecule has 0 aromatic heterocycles. The second-order valence-corrected chi connectivity index (χ2v) is 1.59. The number of carbonyl (C=O) groups excluding carboxylic acids is 1. The summed E-state index contributed by atoms with van der Waals surface area (Å²) < 4.78 is 4.84. The van der Waals surface area contributed by atoms with E-state index in [1.54, 1.807) is 7.05 Å². The number of hydrogen-bond acceptors (Lipinski definition) is 3. The standard InChI is InChI=1S/C2H7N3OS/c1-4-7-5-2(3)6/h4H,1H3,(H3,3,5,6). The molecule has 0 heterocycles. The summed E-state index contributed by atoms with van der Waals surface area (Å²) in [5.74, 6) is 0. The summed E-state index contributed by atoms with van der Waals surface area (Å²) in [5, 5.41) is 0. The quantitative estimate of drug-likeness (QED) is 0.429. The maximum Gasteiger partial charge on any atom is 0.323 e. The van der Waals surface area contributed by atoms with Crippen LogP contribution in [0.5, 0.6) is 0 Å². The largest absolute Gasteiger partial charge is 0.351 e. The minimum Gasteiger partial charge on any atom is -0.351 e. The highest BCUT2D eigenvalue weighted by Crippen LogP contribution is 1.76. The molecule has 0 rings (SSSR count). The van der Waals surface area contributed by atoms with E-state index in [9.17, 15) is 4.79 Å². The Kier molecular flexibility index (Phi) is 3.53. The van der Waals surface area contributed by atoms with Crippen molar-refractivity contribution >= 4 is 18.2 Å². The van der Waals surface area contributed by atoms with Crippen LogP contribution < -0.4 is 15.2 Å². The second kappa shape index (κ2) is 3.76. The van der Waals surface area contributed by atoms with Crippen molar-refractivity contribution in [1.29, 1.82) is 0 Å². The number of rotatable bonds is 2. The van der Waals surface area contributed by atoms with Crippen LogP contribution in [0.2, 0.25) is 0 Å². The van der Waals surface area contributed by atoms with Gasteiger partial charge < -0.3 is 5.73 Å². The molecular formula is C2H7N3OS. The SMILES string of the molecule is CNSNC(N)=O. The van der Waals surface area contributed by atoms with Gasteiger partial charge >= 0.3 is 6.03 Å². The van der Waals surface area contributed by atoms with E-state index in [0.717, 1.165) is 12.1 Å². The van der Waals surface area contributed by atoms with Gasteiger partial charge in [-0.15, -0.1) is 0 Å². The number of nitrogens with two attached hydrogens (primary N) is 1. The maximum atomic E-state index is 9.81. The van der Waals surface area contributed by atoms with Crippen molar-refractivity contribution in [3.63, 3.8) is 0 Å². The molecule has 0 unspecified atom stereocenters. The zero-order valence-electron chi connectivity index (χ0n) is 3.89. The first-order valence-corrected chi connectivity index (χ1v) is 2.47. The van der Waals surface area contributed by atoms with E-state index in [0.29, 0.717) is 0 Å². The second-order valence-electron chi connectivity index (χ2n) is 0.772. The molecule has 0 aliphatic heterocycles. The Morgan fingerprint density at radius 1 is 1.86 bits per heavy atom. The first-order chi connectivity index (χ1) is 3.27. The number of primary amides is 1. The Bertz CT molecular complexity index is 66.0. The van der Waals surface area contributed by atoms with Crippen LogP contribution in [0.15, 0.2) is 0 Å². The Hall–Kier alpha value is -0.420. The van der Waals surface area contributed by atoms with Gasteiger partial charge in [0.1, 0.15) is 0 Å². The fourth-order valence-corrected chi connectivity index (χ4v) is 0.304. The molecule has 0 bridgehead atoms. The third kappa shape index (κ3) is 5.58. The van der Waals surface area contributed by atoms with Gasteiger partial charge in [0.2, 0.25) is 0 Å². The predicted octanol–water partition coefficient (Wildman–Crippen LogP) is -0.563. The molecule has 0 aliphatic carbocycles. The fourth-order valence-electron chi connectivity index (χ4n) is 0.101. The number of amides is 2. The Labute approximate surface area is 46.1 Å². The van der Waals surface area contributed by atoms with Gasteiger partial charge in [0.25, 0.3) is 0 Å². The maximum absolute atomic E-state index is 9.81. The summed E-state index contributed by atoms with van der Waals surface area (Å²) in [6.07, 6.45) is 0. The van der Waals surface area contributed by atoms with Gasteiger partial charge in [-0.1, -0.05) is 0 Å². The normalized spacial score (nSPS) is 8.14. The number of nitrogens with one attached hydrogen (secondary N) is 2. The minimum absolute atomic E-state index is 0.542. The van der Waals surface area contributed by atoms with Crippen LogP contribution >= 0.6 is 12.1 Å². The Morgan fingerprint density at radius 2 is 2.43 bits per heavy atom. The van der Waals surface area contributed by atoms with Crippen molar-refractivity contribution in [2.45, 2.75) is 0 Å². The van der Waals surface area contributed by atoms with E-state index in [1.807, 2.05) is 0 Å². The highest BCUT2D eigenvalue weighted by Gasteiger charge is 1.84. The summed E-state index contributed by atoms with van der Waals surface area (Å²) in [4.78, 5) is 9.81. The lowest BCUT2D eigenvalue weighted by Crippen LogP contribution is -2.25. The summed E-state index contributed by atoms with van der Waals surface area (Å²) in [6, 6.07) is -0.542. The summed E-state index contributed by atoms with van der Waals surface area (Å²) in [7, 11) is 1.68. The fraction of sp³-hybridized carbons (Fsp3) is 0.500. The minimum atomic E-state index is -0.542. The van der Waals surface area contributed by atoms with Crippen LogP contribution in [0.3, 0.4) is 0 Å². The van der Waals surface area contributed by atoms with Crippen molar-refractivity contribution in [1.82, 2.24) is 9.44 Å². The van der Waals surface area contributed by atoms with E-state index in [1.165, 1.54) is 0 Å². The zero-order chi connectivity index (χ0) is 5.70. The molecule has 2 amide bonds. The van der Waals surface area contributed by atoms with Gasteiger partial charge in [-0.05, 0) is 7.05 Å². The van der Waals surface area contributed by atoms with Gasteiger partial charge in [0.05, 0.1) is 0 Å². The summed E-state index contributed by atoms with van der Waals surface area (Å²) in [5.41, 5.74) is 4.67. The lowest BCUT2D eigenvalue weighted by atomic mass is 11.2. The summed E-state index contributed by atoms with van der Waals surface area (Å²) >= 11 is 1.04. The average molecular weight is 121 g/mol. The van der Waals surface area contributed by atoms with Gasteiger partial charge in [-0.2, -0.15) is 0 Å². The first-order valence-electron chi connectivity index (χ1n) is 1.65. The lowest BCUT2D eigenvalue weighted by molar-refractivity contribution is 0.254. The highest BCUT2D eigenvalue weighted by molar-refractivity contribution is 7.96. The lowest BCUT2D eigenvalue weighted by Gasteiger charge is -1.93. The molecule has 0 fully saturated rings. The van der Waals surface area contributed by atoms with Crippen molar-refractivity contribution < 1.29 is 4.79 Å². The van der Waals surface area contributed by atoms with Gasteiger partial charge in [0, 0.05) is 12.1 Å². The predicted molar refractivity (Wildman–Crippen MR) is 29.4 cm³/mol. The molecule has 0 aromatic rings. The third-order valence-electron chi connectivity index (χ3n) is 0.254. The topological polar surface area (TPSA) is 67.2 Å². The van der Waals surface area contributed by atoms with E-state index in [-0.39, 0.29) is 0 Å². The van der Waals surface area contributed by atoms with Crippen LogP contribution in [0, 0.1) is 0 Å². The van der Waals surface area contributed by atoms with Crippen molar-refractivity contribution in [3.8, 4) is 0 Å². The van der Waals surface area contributed by atoms with Crippen LogP contribution in [0.1, 0.15) is 0 Å². The molecule has 0 aliphatic rings. The molecule has 7 heavy (non-hydrogen) atoms. The average Bonchev–Trinajstić information content (AvgIpc) is 1.61. The number of urea groups is 1. The van der Waals surface area contributed by atoms with E-state index in [2.05, 4.69) is 15.2 Å². The molecule has 0 saturated carbocycles. The first kappa shape index (κ1) is 6.58. The van der Waals surface area contributed by atoms with Gasteiger partial charge in [-0.25, -0.2) is 9.52 Å². The Balaban J connectivity index is 2.82. The van der Waals surface area contributed by atoms with Gasteiger partial charge in [0.15, 0.2) is 0 Å². The van der Waals surface area contributed by atoms with E-state index >= 15 is 0 Å². The van der Waals surface area contributed by atoms with E-state index in [4.69, 9.17) is 0 Å². The Morgan fingerprint density at radius 3 is 2.57 bits per heavy atom.